The van der Waals surface area contributed by atoms with E-state index < -0.39 is 0 Å². The van der Waals surface area contributed by atoms with Crippen LogP contribution in [0.25, 0.3) is 0 Å². The van der Waals surface area contributed by atoms with Crippen LogP contribution in [0, 0.1) is 11.8 Å². The Morgan fingerprint density at radius 3 is 2.82 bits per heavy atom. The van der Waals surface area contributed by atoms with E-state index in [4.69, 9.17) is 10.5 Å². The van der Waals surface area contributed by atoms with Gasteiger partial charge in [-0.15, -0.1) is 0 Å². The molecule has 0 amide bonds. The van der Waals surface area contributed by atoms with Crippen molar-refractivity contribution < 1.29 is 4.74 Å². The molecular weight excluding hydrogens is 282 g/mol. The van der Waals surface area contributed by atoms with Gasteiger partial charge < -0.3 is 10.5 Å². The van der Waals surface area contributed by atoms with E-state index in [2.05, 4.69) is 25.9 Å². The van der Waals surface area contributed by atoms with Crippen LogP contribution in [0.15, 0.2) is 17.0 Å². The standard InChI is InChI=1S/C12H18BrN3O/c13-11-6-15-8-16-12(11)17-7-10-4-2-1-3-9(10)5-14/h6,8-10H,1-5,7,14H2. The Morgan fingerprint density at radius 1 is 1.35 bits per heavy atom. The van der Waals surface area contributed by atoms with Gasteiger partial charge in [0.2, 0.25) is 5.88 Å². The summed E-state index contributed by atoms with van der Waals surface area (Å²) >= 11 is 3.38. The molecule has 1 aromatic rings. The van der Waals surface area contributed by atoms with Crippen LogP contribution in [0.1, 0.15) is 25.7 Å². The molecule has 0 spiro atoms. The van der Waals surface area contributed by atoms with E-state index in [1.54, 1.807) is 6.20 Å². The van der Waals surface area contributed by atoms with Gasteiger partial charge in [0.05, 0.1) is 11.1 Å². The molecule has 0 saturated heterocycles. The second-order valence-corrected chi connectivity index (χ2v) is 5.38. The van der Waals surface area contributed by atoms with Crippen LogP contribution in [-0.2, 0) is 0 Å². The third-order valence-corrected chi connectivity index (χ3v) is 3.98. The minimum absolute atomic E-state index is 0.565. The van der Waals surface area contributed by atoms with Gasteiger partial charge in [0.15, 0.2) is 0 Å². The monoisotopic (exact) mass is 299 g/mol. The minimum Gasteiger partial charge on any atom is -0.476 e. The Labute approximate surface area is 110 Å². The summed E-state index contributed by atoms with van der Waals surface area (Å²) in [5, 5.41) is 0. The first-order valence-electron chi connectivity index (χ1n) is 6.09. The summed E-state index contributed by atoms with van der Waals surface area (Å²) in [6.07, 6.45) is 8.23. The lowest BCUT2D eigenvalue weighted by atomic mass is 9.80. The Morgan fingerprint density at radius 2 is 2.12 bits per heavy atom. The maximum atomic E-state index is 5.80. The first-order valence-corrected chi connectivity index (χ1v) is 6.89. The summed E-state index contributed by atoms with van der Waals surface area (Å²) < 4.78 is 6.56. The lowest BCUT2D eigenvalue weighted by Gasteiger charge is -2.30. The maximum absolute atomic E-state index is 5.80. The highest BCUT2D eigenvalue weighted by molar-refractivity contribution is 9.10. The van der Waals surface area contributed by atoms with Gasteiger partial charge in [-0.05, 0) is 47.2 Å². The second-order valence-electron chi connectivity index (χ2n) is 4.53. The van der Waals surface area contributed by atoms with Crippen molar-refractivity contribution in [3.05, 3.63) is 17.0 Å². The van der Waals surface area contributed by atoms with Gasteiger partial charge in [-0.2, -0.15) is 0 Å². The van der Waals surface area contributed by atoms with Crippen LogP contribution in [-0.4, -0.2) is 23.1 Å². The van der Waals surface area contributed by atoms with Gasteiger partial charge in [-0.1, -0.05) is 12.8 Å². The topological polar surface area (TPSA) is 61.0 Å². The number of rotatable bonds is 4. The van der Waals surface area contributed by atoms with Gasteiger partial charge in [-0.25, -0.2) is 9.97 Å². The third-order valence-electron chi connectivity index (χ3n) is 3.44. The number of hydrogen-bond donors (Lipinski definition) is 1. The van der Waals surface area contributed by atoms with Crippen molar-refractivity contribution in [3.8, 4) is 5.88 Å². The second kappa shape index (κ2) is 6.31. The largest absolute Gasteiger partial charge is 0.476 e. The van der Waals surface area contributed by atoms with Gasteiger partial charge in [0.1, 0.15) is 6.33 Å². The smallest absolute Gasteiger partial charge is 0.231 e. The molecule has 1 saturated carbocycles. The van der Waals surface area contributed by atoms with Crippen LogP contribution < -0.4 is 10.5 Å². The molecule has 1 fully saturated rings. The molecule has 2 unspecified atom stereocenters. The molecule has 1 heterocycles. The summed E-state index contributed by atoms with van der Waals surface area (Å²) in [6.45, 7) is 1.47. The van der Waals surface area contributed by atoms with Crippen molar-refractivity contribution in [1.82, 2.24) is 9.97 Å². The van der Waals surface area contributed by atoms with Crippen molar-refractivity contribution in [2.45, 2.75) is 25.7 Å². The van der Waals surface area contributed by atoms with E-state index in [0.717, 1.165) is 11.0 Å². The maximum Gasteiger partial charge on any atom is 0.231 e. The van der Waals surface area contributed by atoms with E-state index in [1.807, 2.05) is 0 Å². The van der Waals surface area contributed by atoms with E-state index in [9.17, 15) is 0 Å². The number of nitrogens with two attached hydrogens (primary N) is 1. The van der Waals surface area contributed by atoms with Crippen LogP contribution in [0.3, 0.4) is 0 Å². The lowest BCUT2D eigenvalue weighted by Crippen LogP contribution is -2.30. The fraction of sp³-hybridized carbons (Fsp3) is 0.667. The zero-order valence-electron chi connectivity index (χ0n) is 9.81. The SMILES string of the molecule is NCC1CCCCC1COc1ncncc1Br. The lowest BCUT2D eigenvalue weighted by molar-refractivity contribution is 0.149. The molecule has 1 aliphatic carbocycles. The molecule has 0 radical (unpaired) electrons. The number of aromatic nitrogens is 2. The van der Waals surface area contributed by atoms with Gasteiger partial charge in [0.25, 0.3) is 0 Å². The number of halogens is 1. The van der Waals surface area contributed by atoms with E-state index in [-0.39, 0.29) is 0 Å². The van der Waals surface area contributed by atoms with E-state index in [1.165, 1.54) is 32.0 Å². The first-order chi connectivity index (χ1) is 8.31. The van der Waals surface area contributed by atoms with Crippen molar-refractivity contribution in [1.29, 1.82) is 0 Å². The Balaban J connectivity index is 1.90. The highest BCUT2D eigenvalue weighted by atomic mass is 79.9. The predicted octanol–water partition coefficient (Wildman–Crippen LogP) is 2.38. The fourth-order valence-corrected chi connectivity index (χ4v) is 2.74. The molecule has 17 heavy (non-hydrogen) atoms. The molecule has 0 bridgehead atoms. The normalized spacial score (nSPS) is 24.6. The van der Waals surface area contributed by atoms with Crippen molar-refractivity contribution in [2.24, 2.45) is 17.6 Å². The van der Waals surface area contributed by atoms with Gasteiger partial charge in [-0.3, -0.25) is 0 Å². The van der Waals surface area contributed by atoms with Crippen LogP contribution in [0.2, 0.25) is 0 Å². The van der Waals surface area contributed by atoms with Crippen LogP contribution in [0.4, 0.5) is 0 Å². The van der Waals surface area contributed by atoms with Gasteiger partial charge >= 0.3 is 0 Å². The number of nitrogens with zero attached hydrogens (tertiary/aromatic N) is 2. The summed E-state index contributed by atoms with van der Waals surface area (Å²) in [5.74, 6) is 1.79. The Bertz CT molecular complexity index is 361. The minimum atomic E-state index is 0.565. The summed E-state index contributed by atoms with van der Waals surface area (Å²) in [7, 11) is 0. The molecule has 1 aromatic heterocycles. The quantitative estimate of drug-likeness (QED) is 0.927. The average molecular weight is 300 g/mol. The summed E-state index contributed by atoms with van der Waals surface area (Å²) in [4.78, 5) is 8.01. The molecule has 0 aromatic carbocycles. The highest BCUT2D eigenvalue weighted by Gasteiger charge is 2.24. The van der Waals surface area contributed by atoms with Crippen LogP contribution in [0.5, 0.6) is 5.88 Å². The molecular formula is C12H18BrN3O. The third kappa shape index (κ3) is 3.39. The molecule has 4 nitrogen and oxygen atoms in total. The molecule has 5 heteroatoms. The Kier molecular flexibility index (Phi) is 4.74. The zero-order valence-corrected chi connectivity index (χ0v) is 11.4. The van der Waals surface area contributed by atoms with Crippen LogP contribution >= 0.6 is 15.9 Å². The van der Waals surface area contributed by atoms with E-state index in [0.29, 0.717) is 24.3 Å². The molecule has 2 N–H and O–H groups in total. The summed E-state index contributed by atoms with van der Waals surface area (Å²) in [5.41, 5.74) is 5.80. The zero-order chi connectivity index (χ0) is 12.1. The molecule has 2 atom stereocenters. The molecule has 1 aliphatic rings. The number of hydrogen-bond acceptors (Lipinski definition) is 4. The predicted molar refractivity (Wildman–Crippen MR) is 69.7 cm³/mol. The first kappa shape index (κ1) is 12.8. The van der Waals surface area contributed by atoms with Crippen molar-refractivity contribution in [2.75, 3.05) is 13.2 Å². The summed E-state index contributed by atoms with van der Waals surface area (Å²) in [6, 6.07) is 0. The number of ether oxygens (including phenoxy) is 1. The van der Waals surface area contributed by atoms with E-state index >= 15 is 0 Å². The van der Waals surface area contributed by atoms with Gasteiger partial charge in [0, 0.05) is 6.20 Å². The fourth-order valence-electron chi connectivity index (χ4n) is 2.41. The molecule has 94 valence electrons. The molecule has 0 aliphatic heterocycles. The Hall–Kier alpha value is -0.680. The van der Waals surface area contributed by atoms with Crippen molar-refractivity contribution >= 4 is 15.9 Å². The average Bonchev–Trinajstić information content (AvgIpc) is 2.38. The molecule has 2 rings (SSSR count). The van der Waals surface area contributed by atoms with Crippen molar-refractivity contribution in [3.63, 3.8) is 0 Å². The highest BCUT2D eigenvalue weighted by Crippen LogP contribution is 2.30.